The van der Waals surface area contributed by atoms with E-state index in [1.807, 2.05) is 0 Å². The van der Waals surface area contributed by atoms with E-state index in [-0.39, 0.29) is 24.4 Å². The molecule has 1 fully saturated rings. The van der Waals surface area contributed by atoms with Crippen molar-refractivity contribution in [3.8, 4) is 0 Å². The molecule has 1 N–H and O–H groups in total. The van der Waals surface area contributed by atoms with Gasteiger partial charge in [-0.1, -0.05) is 6.08 Å². The molecule has 0 bridgehead atoms. The molecule has 0 aromatic carbocycles. The van der Waals surface area contributed by atoms with E-state index in [2.05, 4.69) is 5.32 Å². The van der Waals surface area contributed by atoms with Crippen LogP contribution in [0.1, 0.15) is 26.2 Å². The highest BCUT2D eigenvalue weighted by Gasteiger charge is 2.33. The maximum atomic E-state index is 11.7. The van der Waals surface area contributed by atoms with Crippen molar-refractivity contribution in [1.82, 2.24) is 5.32 Å². The van der Waals surface area contributed by atoms with Crippen LogP contribution in [0.4, 0.5) is 0 Å². The maximum Gasteiger partial charge on any atom is 0.305 e. The van der Waals surface area contributed by atoms with Gasteiger partial charge in [-0.25, -0.2) is 0 Å². The summed E-state index contributed by atoms with van der Waals surface area (Å²) in [5.41, 5.74) is 0.667. The molecule has 2 rings (SSSR count). The maximum absolute atomic E-state index is 11.7. The molecule has 1 heterocycles. The molecule has 1 aliphatic heterocycles. The number of amides is 1. The molecule has 0 saturated heterocycles. The van der Waals surface area contributed by atoms with Gasteiger partial charge < -0.3 is 14.8 Å². The highest BCUT2D eigenvalue weighted by Crippen LogP contribution is 2.20. The summed E-state index contributed by atoms with van der Waals surface area (Å²) in [6.07, 6.45) is 4.11. The number of rotatable bonds is 4. The Morgan fingerprint density at radius 3 is 2.62 bits per heavy atom. The minimum Gasteiger partial charge on any atom is -0.462 e. The summed E-state index contributed by atoms with van der Waals surface area (Å²) in [6.45, 7) is 1.28. The monoisotopic (exact) mass is 293 g/mol. The molecule has 0 spiro atoms. The second kappa shape index (κ2) is 6.34. The van der Waals surface area contributed by atoms with Crippen LogP contribution in [-0.2, 0) is 28.7 Å². The van der Waals surface area contributed by atoms with Crippen LogP contribution in [0.15, 0.2) is 24.0 Å². The van der Waals surface area contributed by atoms with Crippen molar-refractivity contribution in [2.24, 2.45) is 0 Å². The number of nitrogens with one attached hydrogen (secondary N) is 1. The number of ketones is 2. The molecule has 0 radical (unpaired) electrons. The van der Waals surface area contributed by atoms with Crippen LogP contribution in [0.25, 0.3) is 0 Å². The smallest absolute Gasteiger partial charge is 0.305 e. The van der Waals surface area contributed by atoms with E-state index < -0.39 is 24.2 Å². The molecule has 112 valence electrons. The Bertz CT molecular complexity index is 532. The number of ether oxygens (including phenoxy) is 2. The second-order valence-corrected chi connectivity index (χ2v) is 4.78. The summed E-state index contributed by atoms with van der Waals surface area (Å²) < 4.78 is 9.93. The summed E-state index contributed by atoms with van der Waals surface area (Å²) in [6, 6.07) is -1.02. The number of allylic oxidation sites excluding steroid dienone is 1. The molecule has 1 aliphatic carbocycles. The van der Waals surface area contributed by atoms with Crippen molar-refractivity contribution in [1.29, 1.82) is 0 Å². The molecule has 7 heteroatoms. The van der Waals surface area contributed by atoms with E-state index in [0.717, 1.165) is 0 Å². The zero-order valence-electron chi connectivity index (χ0n) is 11.5. The molecule has 0 aromatic heterocycles. The van der Waals surface area contributed by atoms with Gasteiger partial charge in [0.2, 0.25) is 12.2 Å². The first-order valence-corrected chi connectivity index (χ1v) is 6.51. The van der Waals surface area contributed by atoms with Crippen molar-refractivity contribution in [3.63, 3.8) is 0 Å². The van der Waals surface area contributed by atoms with E-state index in [4.69, 9.17) is 9.47 Å². The summed E-state index contributed by atoms with van der Waals surface area (Å²) in [7, 11) is 0. The Kier molecular flexibility index (Phi) is 4.52. The van der Waals surface area contributed by atoms with Crippen molar-refractivity contribution in [3.05, 3.63) is 24.0 Å². The third-order valence-electron chi connectivity index (χ3n) is 3.07. The Balaban J connectivity index is 1.82. The Morgan fingerprint density at radius 2 is 2.00 bits per heavy atom. The third-order valence-corrected chi connectivity index (χ3v) is 3.07. The highest BCUT2D eigenvalue weighted by atomic mass is 16.7. The van der Waals surface area contributed by atoms with Crippen LogP contribution in [0, 0.1) is 0 Å². The lowest BCUT2D eigenvalue weighted by Gasteiger charge is -2.09. The second-order valence-electron chi connectivity index (χ2n) is 4.78. The van der Waals surface area contributed by atoms with E-state index in [9.17, 15) is 19.2 Å². The topological polar surface area (TPSA) is 98.8 Å². The quantitative estimate of drug-likeness (QED) is 0.450. The van der Waals surface area contributed by atoms with Gasteiger partial charge in [-0.3, -0.25) is 19.2 Å². The fraction of sp³-hybridized carbons (Fsp3) is 0.429. The van der Waals surface area contributed by atoms with E-state index in [1.165, 1.54) is 25.3 Å². The lowest BCUT2D eigenvalue weighted by atomic mass is 10.2. The average Bonchev–Trinajstić information content (AvgIpc) is 2.97. The predicted octanol–water partition coefficient (Wildman–Crippen LogP) is 0.153. The molecule has 0 aromatic rings. The summed E-state index contributed by atoms with van der Waals surface area (Å²) in [5.74, 6) is -1.50. The lowest BCUT2D eigenvalue weighted by Crippen LogP contribution is -2.41. The zero-order chi connectivity index (χ0) is 15.4. The molecule has 1 atom stereocenters. The molecule has 2 aliphatic rings. The molecule has 21 heavy (non-hydrogen) atoms. The summed E-state index contributed by atoms with van der Waals surface area (Å²) >= 11 is 0. The van der Waals surface area contributed by atoms with Crippen LogP contribution >= 0.6 is 0 Å². The predicted molar refractivity (Wildman–Crippen MR) is 69.7 cm³/mol. The molecule has 1 unspecified atom stereocenters. The van der Waals surface area contributed by atoms with Gasteiger partial charge in [0, 0.05) is 32.3 Å². The minimum atomic E-state index is -1.02. The Labute approximate surface area is 121 Å². The van der Waals surface area contributed by atoms with Gasteiger partial charge >= 0.3 is 5.97 Å². The minimum absolute atomic E-state index is 0.177. The van der Waals surface area contributed by atoms with Crippen LogP contribution < -0.4 is 5.32 Å². The van der Waals surface area contributed by atoms with E-state index in [1.54, 1.807) is 0 Å². The molecule has 1 amide bonds. The summed E-state index contributed by atoms with van der Waals surface area (Å²) in [5, 5.41) is 2.37. The van der Waals surface area contributed by atoms with Gasteiger partial charge in [0.05, 0.1) is 6.26 Å². The van der Waals surface area contributed by atoms with Crippen molar-refractivity contribution < 1.29 is 28.7 Å². The largest absolute Gasteiger partial charge is 0.462 e. The van der Waals surface area contributed by atoms with Gasteiger partial charge in [-0.2, -0.15) is 0 Å². The first-order valence-electron chi connectivity index (χ1n) is 6.51. The fourth-order valence-electron chi connectivity index (χ4n) is 2.06. The molecule has 7 nitrogen and oxygen atoms in total. The highest BCUT2D eigenvalue weighted by molar-refractivity contribution is 6.14. The number of hydrogen-bond acceptors (Lipinski definition) is 6. The van der Waals surface area contributed by atoms with Crippen molar-refractivity contribution in [2.75, 3.05) is 0 Å². The standard InChI is InChI=1S/C14H15NO6/c1-8(16)21-13-6-9(7-20-13)2-5-12(19)15-14-10(17)3-4-11(14)18/h2,5,7,13-14H,3-4,6H2,1H3,(H,15,19). The van der Waals surface area contributed by atoms with Gasteiger partial charge in [-0.05, 0) is 5.57 Å². The van der Waals surface area contributed by atoms with E-state index in [0.29, 0.717) is 12.0 Å². The van der Waals surface area contributed by atoms with Gasteiger partial charge in [-0.15, -0.1) is 0 Å². The molecular weight excluding hydrogens is 278 g/mol. The lowest BCUT2D eigenvalue weighted by molar-refractivity contribution is -0.163. The number of Topliss-reactive ketones (excluding diaryl/α,β-unsaturated/α-hetero) is 2. The number of hydrogen-bond donors (Lipinski definition) is 1. The zero-order valence-corrected chi connectivity index (χ0v) is 11.5. The number of carbonyl (C=O) groups is 4. The molecular formula is C14H15NO6. The van der Waals surface area contributed by atoms with Crippen LogP contribution in [0.2, 0.25) is 0 Å². The van der Waals surface area contributed by atoms with Crippen LogP contribution in [0.3, 0.4) is 0 Å². The van der Waals surface area contributed by atoms with Crippen molar-refractivity contribution in [2.45, 2.75) is 38.5 Å². The Morgan fingerprint density at radius 1 is 1.33 bits per heavy atom. The SMILES string of the molecule is CC(=O)OC1CC(C=CC(=O)NC2C(=O)CCC2=O)=CO1. The molecule has 1 saturated carbocycles. The number of carbonyl (C=O) groups excluding carboxylic acids is 4. The third kappa shape index (κ3) is 4.01. The normalized spacial score (nSPS) is 22.3. The average molecular weight is 293 g/mol. The van der Waals surface area contributed by atoms with Gasteiger partial charge in [0.15, 0.2) is 11.6 Å². The number of esters is 1. The first-order chi connectivity index (χ1) is 9.95. The summed E-state index contributed by atoms with van der Waals surface area (Å²) in [4.78, 5) is 45.2. The van der Waals surface area contributed by atoms with Crippen LogP contribution in [0.5, 0.6) is 0 Å². The fourth-order valence-corrected chi connectivity index (χ4v) is 2.06. The van der Waals surface area contributed by atoms with Crippen LogP contribution in [-0.4, -0.2) is 35.8 Å². The van der Waals surface area contributed by atoms with E-state index >= 15 is 0 Å². The van der Waals surface area contributed by atoms with Gasteiger partial charge in [0.1, 0.15) is 6.04 Å². The van der Waals surface area contributed by atoms with Crippen molar-refractivity contribution >= 4 is 23.4 Å². The van der Waals surface area contributed by atoms with Gasteiger partial charge in [0.25, 0.3) is 0 Å². The first kappa shape index (κ1) is 15.0. The Hall–Kier alpha value is -2.44.